The second-order valence-corrected chi connectivity index (χ2v) is 2.65. The second-order valence-electron chi connectivity index (χ2n) is 2.65. The van der Waals surface area contributed by atoms with Crippen LogP contribution in [-0.2, 0) is 11.3 Å². The Kier molecular flexibility index (Phi) is 2.97. The van der Waals surface area contributed by atoms with E-state index >= 15 is 0 Å². The van der Waals surface area contributed by atoms with Gasteiger partial charge in [-0.1, -0.05) is 0 Å². The Morgan fingerprint density at radius 3 is 2.85 bits per heavy atom. The largest absolute Gasteiger partial charge is 0.464 e. The zero-order valence-electron chi connectivity index (χ0n) is 7.57. The molecule has 0 amide bonds. The van der Waals surface area contributed by atoms with Gasteiger partial charge in [-0.2, -0.15) is 0 Å². The number of esters is 1. The third-order valence-electron chi connectivity index (χ3n) is 1.78. The van der Waals surface area contributed by atoms with Crippen molar-refractivity contribution in [2.75, 3.05) is 7.11 Å². The third kappa shape index (κ3) is 2.03. The van der Waals surface area contributed by atoms with Crippen LogP contribution in [0.3, 0.4) is 0 Å². The zero-order chi connectivity index (χ0) is 9.84. The quantitative estimate of drug-likeness (QED) is 0.681. The monoisotopic (exact) mass is 181 g/mol. The lowest BCUT2D eigenvalue weighted by atomic mass is 10.1. The summed E-state index contributed by atoms with van der Waals surface area (Å²) in [5.41, 5.74) is 1.81. The number of carbonyl (C=O) groups excluding carboxylic acids is 1. The number of hydrogen-bond acceptors (Lipinski definition) is 4. The topological polar surface area (TPSA) is 59.4 Å². The lowest BCUT2D eigenvalue weighted by Crippen LogP contribution is -2.05. The van der Waals surface area contributed by atoms with Gasteiger partial charge in [0.25, 0.3) is 0 Å². The average molecular weight is 181 g/mol. The summed E-state index contributed by atoms with van der Waals surface area (Å²) in [6.45, 7) is 1.74. The fourth-order valence-corrected chi connectivity index (χ4v) is 0.966. The van der Waals surface area contributed by atoms with E-state index in [0.717, 1.165) is 5.56 Å². The Labute approximate surface area is 76.2 Å². The summed E-state index contributed by atoms with van der Waals surface area (Å²) in [6.07, 6.45) is 1.47. The number of nitrogens with zero attached hydrogens (tertiary/aromatic N) is 1. The van der Waals surface area contributed by atoms with Gasteiger partial charge in [-0.15, -0.1) is 0 Å². The number of rotatable bonds is 2. The molecule has 0 unspecified atom stereocenters. The first-order chi connectivity index (χ1) is 6.19. The Morgan fingerprint density at radius 2 is 2.38 bits per heavy atom. The number of hydrogen-bond donors (Lipinski definition) is 1. The van der Waals surface area contributed by atoms with Crippen LogP contribution in [0.4, 0.5) is 0 Å². The molecule has 0 bridgehead atoms. The van der Waals surface area contributed by atoms with Gasteiger partial charge in [0.05, 0.1) is 13.7 Å². The molecule has 0 spiro atoms. The van der Waals surface area contributed by atoms with Gasteiger partial charge in [0, 0.05) is 6.20 Å². The summed E-state index contributed by atoms with van der Waals surface area (Å²) < 4.78 is 4.50. The minimum Gasteiger partial charge on any atom is -0.464 e. The number of aromatic nitrogens is 1. The number of aliphatic hydroxyl groups is 1. The number of ether oxygens (including phenoxy) is 1. The number of pyridine rings is 1. The Balaban J connectivity index is 3.02. The van der Waals surface area contributed by atoms with Crippen molar-refractivity contribution in [1.29, 1.82) is 0 Å². The normalized spacial score (nSPS) is 9.77. The second kappa shape index (κ2) is 4.00. The first-order valence-corrected chi connectivity index (χ1v) is 3.83. The molecular weight excluding hydrogens is 170 g/mol. The summed E-state index contributed by atoms with van der Waals surface area (Å²) in [5, 5.41) is 8.85. The summed E-state index contributed by atoms with van der Waals surface area (Å²) in [4.78, 5) is 14.9. The molecule has 0 aliphatic carbocycles. The fourth-order valence-electron chi connectivity index (χ4n) is 0.966. The highest BCUT2D eigenvalue weighted by Gasteiger charge is 2.08. The molecule has 1 aromatic rings. The van der Waals surface area contributed by atoms with Crippen LogP contribution in [0.25, 0.3) is 0 Å². The molecule has 4 heteroatoms. The van der Waals surface area contributed by atoms with Crippen molar-refractivity contribution in [3.63, 3.8) is 0 Å². The van der Waals surface area contributed by atoms with Crippen LogP contribution < -0.4 is 0 Å². The SMILES string of the molecule is COC(=O)c1cc(C)c(CO)cn1. The standard InChI is InChI=1S/C9H11NO3/c1-6-3-8(9(12)13-2)10-4-7(6)5-11/h3-4,11H,5H2,1-2H3. The highest BCUT2D eigenvalue weighted by molar-refractivity contribution is 5.87. The maximum Gasteiger partial charge on any atom is 0.356 e. The van der Waals surface area contributed by atoms with E-state index in [1.807, 2.05) is 0 Å². The third-order valence-corrected chi connectivity index (χ3v) is 1.78. The van der Waals surface area contributed by atoms with Crippen molar-refractivity contribution < 1.29 is 14.6 Å². The Morgan fingerprint density at radius 1 is 1.69 bits per heavy atom. The van der Waals surface area contributed by atoms with Crippen molar-refractivity contribution in [1.82, 2.24) is 4.98 Å². The molecule has 13 heavy (non-hydrogen) atoms. The van der Waals surface area contributed by atoms with Crippen molar-refractivity contribution >= 4 is 5.97 Å². The van der Waals surface area contributed by atoms with Crippen LogP contribution >= 0.6 is 0 Å². The smallest absolute Gasteiger partial charge is 0.356 e. The van der Waals surface area contributed by atoms with E-state index < -0.39 is 5.97 Å². The highest BCUT2D eigenvalue weighted by Crippen LogP contribution is 2.08. The number of aryl methyl sites for hydroxylation is 1. The summed E-state index contributed by atoms with van der Waals surface area (Å²) in [6, 6.07) is 1.59. The van der Waals surface area contributed by atoms with Crippen LogP contribution in [0.2, 0.25) is 0 Å². The van der Waals surface area contributed by atoms with Gasteiger partial charge < -0.3 is 9.84 Å². The summed E-state index contributed by atoms with van der Waals surface area (Å²) >= 11 is 0. The first kappa shape index (κ1) is 9.67. The molecule has 1 N–H and O–H groups in total. The average Bonchev–Trinajstić information content (AvgIpc) is 2.16. The van der Waals surface area contributed by atoms with Crippen LogP contribution in [0.1, 0.15) is 21.6 Å². The maximum absolute atomic E-state index is 11.0. The molecule has 0 aliphatic rings. The summed E-state index contributed by atoms with van der Waals surface area (Å²) in [7, 11) is 1.30. The number of carbonyl (C=O) groups is 1. The molecule has 0 aliphatic heterocycles. The molecule has 0 saturated carbocycles. The highest BCUT2D eigenvalue weighted by atomic mass is 16.5. The zero-order valence-corrected chi connectivity index (χ0v) is 7.57. The molecule has 0 atom stereocenters. The van der Waals surface area contributed by atoms with E-state index in [0.29, 0.717) is 5.56 Å². The van der Waals surface area contributed by atoms with Gasteiger partial charge in [0.2, 0.25) is 0 Å². The molecular formula is C9H11NO3. The molecule has 0 aromatic carbocycles. The van der Waals surface area contributed by atoms with E-state index in [2.05, 4.69) is 9.72 Å². The lowest BCUT2D eigenvalue weighted by Gasteiger charge is -2.03. The van der Waals surface area contributed by atoms with Crippen molar-refractivity contribution in [3.05, 3.63) is 29.1 Å². The van der Waals surface area contributed by atoms with Gasteiger partial charge in [-0.05, 0) is 24.1 Å². The van der Waals surface area contributed by atoms with E-state index in [-0.39, 0.29) is 12.3 Å². The van der Waals surface area contributed by atoms with Crippen LogP contribution in [0.5, 0.6) is 0 Å². The van der Waals surface area contributed by atoms with E-state index in [4.69, 9.17) is 5.11 Å². The fraction of sp³-hybridized carbons (Fsp3) is 0.333. The van der Waals surface area contributed by atoms with Gasteiger partial charge in [0.1, 0.15) is 5.69 Å². The molecule has 0 radical (unpaired) electrons. The molecule has 4 nitrogen and oxygen atoms in total. The number of aliphatic hydroxyl groups excluding tert-OH is 1. The molecule has 0 fully saturated rings. The molecule has 70 valence electrons. The number of methoxy groups -OCH3 is 1. The maximum atomic E-state index is 11.0. The minimum absolute atomic E-state index is 0.0692. The molecule has 1 aromatic heterocycles. The molecule has 1 heterocycles. The summed E-state index contributed by atoms with van der Waals surface area (Å²) in [5.74, 6) is -0.465. The lowest BCUT2D eigenvalue weighted by molar-refractivity contribution is 0.0593. The van der Waals surface area contributed by atoms with Gasteiger partial charge >= 0.3 is 5.97 Å². The van der Waals surface area contributed by atoms with Crippen molar-refractivity contribution in [2.45, 2.75) is 13.5 Å². The van der Waals surface area contributed by atoms with Crippen molar-refractivity contribution in [2.24, 2.45) is 0 Å². The minimum atomic E-state index is -0.465. The molecule has 0 saturated heterocycles. The Hall–Kier alpha value is -1.42. The van der Waals surface area contributed by atoms with Gasteiger partial charge in [0.15, 0.2) is 0 Å². The van der Waals surface area contributed by atoms with E-state index in [9.17, 15) is 4.79 Å². The van der Waals surface area contributed by atoms with E-state index in [1.54, 1.807) is 13.0 Å². The predicted octanol–water partition coefficient (Wildman–Crippen LogP) is 0.669. The molecule has 1 rings (SSSR count). The van der Waals surface area contributed by atoms with E-state index in [1.165, 1.54) is 13.3 Å². The Bertz CT molecular complexity index is 323. The predicted molar refractivity (Wildman–Crippen MR) is 46.2 cm³/mol. The van der Waals surface area contributed by atoms with Crippen LogP contribution in [0, 0.1) is 6.92 Å². The van der Waals surface area contributed by atoms with Crippen LogP contribution in [0.15, 0.2) is 12.3 Å². The van der Waals surface area contributed by atoms with Gasteiger partial charge in [-0.3, -0.25) is 0 Å². The van der Waals surface area contributed by atoms with Crippen LogP contribution in [-0.4, -0.2) is 23.2 Å². The first-order valence-electron chi connectivity index (χ1n) is 3.83. The van der Waals surface area contributed by atoms with Crippen molar-refractivity contribution in [3.8, 4) is 0 Å². The van der Waals surface area contributed by atoms with Gasteiger partial charge in [-0.25, -0.2) is 9.78 Å².